The molecule has 8 nitrogen and oxygen atoms in total. The zero-order valence-corrected chi connectivity index (χ0v) is 17.3. The molecule has 0 saturated heterocycles. The SMILES string of the molecule is COC(=O)CN(C)C(=O)C(Cc1ccc(OC)cc1)NC(=O)OCc1ccccc1. The average Bonchev–Trinajstić information content (AvgIpc) is 2.77. The maximum atomic E-state index is 12.9. The molecular weight excluding hydrogens is 388 g/mol. The van der Waals surface area contributed by atoms with E-state index in [1.54, 1.807) is 31.4 Å². The van der Waals surface area contributed by atoms with Gasteiger partial charge in [-0.3, -0.25) is 9.59 Å². The second kappa shape index (κ2) is 11.5. The van der Waals surface area contributed by atoms with Gasteiger partial charge in [-0.05, 0) is 23.3 Å². The number of rotatable bonds is 9. The molecular formula is C22H26N2O6. The first-order valence-electron chi connectivity index (χ1n) is 9.35. The topological polar surface area (TPSA) is 94.2 Å². The van der Waals surface area contributed by atoms with Gasteiger partial charge in [0.2, 0.25) is 5.91 Å². The first-order chi connectivity index (χ1) is 14.4. The van der Waals surface area contributed by atoms with E-state index in [1.807, 2.05) is 30.3 Å². The van der Waals surface area contributed by atoms with E-state index >= 15 is 0 Å². The summed E-state index contributed by atoms with van der Waals surface area (Å²) >= 11 is 0. The predicted octanol–water partition coefficient (Wildman–Crippen LogP) is 2.16. The van der Waals surface area contributed by atoms with Gasteiger partial charge in [-0.25, -0.2) is 4.79 Å². The molecule has 0 saturated carbocycles. The number of ether oxygens (including phenoxy) is 3. The quantitative estimate of drug-likeness (QED) is 0.632. The summed E-state index contributed by atoms with van der Waals surface area (Å²) in [7, 11) is 4.28. The zero-order chi connectivity index (χ0) is 21.9. The summed E-state index contributed by atoms with van der Waals surface area (Å²) < 4.78 is 15.0. The highest BCUT2D eigenvalue weighted by molar-refractivity contribution is 5.88. The molecule has 0 aromatic heterocycles. The molecule has 0 fully saturated rings. The molecule has 0 aliphatic carbocycles. The van der Waals surface area contributed by atoms with Crippen LogP contribution in [0.5, 0.6) is 5.75 Å². The lowest BCUT2D eigenvalue weighted by Gasteiger charge is -2.24. The number of amides is 2. The van der Waals surface area contributed by atoms with Gasteiger partial charge < -0.3 is 24.4 Å². The van der Waals surface area contributed by atoms with Gasteiger partial charge in [0.1, 0.15) is 24.9 Å². The van der Waals surface area contributed by atoms with Gasteiger partial charge in [0.15, 0.2) is 0 Å². The van der Waals surface area contributed by atoms with Crippen LogP contribution in [0, 0.1) is 0 Å². The van der Waals surface area contributed by atoms with E-state index in [0.29, 0.717) is 5.75 Å². The third kappa shape index (κ3) is 7.12. The minimum Gasteiger partial charge on any atom is -0.497 e. The summed E-state index contributed by atoms with van der Waals surface area (Å²) in [6.45, 7) is -0.149. The van der Waals surface area contributed by atoms with Crippen LogP contribution in [0.2, 0.25) is 0 Å². The van der Waals surface area contributed by atoms with Crippen LogP contribution in [0.15, 0.2) is 54.6 Å². The van der Waals surface area contributed by atoms with Gasteiger partial charge in [0.25, 0.3) is 0 Å². The Labute approximate surface area is 175 Å². The number of likely N-dealkylation sites (N-methyl/N-ethyl adjacent to an activating group) is 1. The molecule has 0 spiro atoms. The monoisotopic (exact) mass is 414 g/mol. The van der Waals surface area contributed by atoms with Gasteiger partial charge in [0.05, 0.1) is 14.2 Å². The Bertz CT molecular complexity index is 838. The van der Waals surface area contributed by atoms with Crippen molar-refractivity contribution in [2.45, 2.75) is 19.1 Å². The fourth-order valence-electron chi connectivity index (χ4n) is 2.71. The molecule has 1 atom stereocenters. The summed E-state index contributed by atoms with van der Waals surface area (Å²) in [5, 5.41) is 2.60. The van der Waals surface area contributed by atoms with Crippen LogP contribution in [0.25, 0.3) is 0 Å². The zero-order valence-electron chi connectivity index (χ0n) is 17.3. The summed E-state index contributed by atoms with van der Waals surface area (Å²) in [6, 6.07) is 15.4. The smallest absolute Gasteiger partial charge is 0.408 e. The largest absolute Gasteiger partial charge is 0.497 e. The lowest BCUT2D eigenvalue weighted by molar-refractivity contribution is -0.146. The maximum absolute atomic E-state index is 12.9. The van der Waals surface area contributed by atoms with Crippen LogP contribution < -0.4 is 10.1 Å². The number of hydrogen-bond donors (Lipinski definition) is 1. The Hall–Kier alpha value is -3.55. The Kier molecular flexibility index (Phi) is 8.68. The molecule has 0 heterocycles. The van der Waals surface area contributed by atoms with Gasteiger partial charge in [-0.15, -0.1) is 0 Å². The molecule has 1 N–H and O–H groups in total. The van der Waals surface area contributed by atoms with Crippen molar-refractivity contribution in [3.05, 3.63) is 65.7 Å². The van der Waals surface area contributed by atoms with Crippen molar-refractivity contribution in [3.63, 3.8) is 0 Å². The Morgan fingerprint density at radius 2 is 1.63 bits per heavy atom. The lowest BCUT2D eigenvalue weighted by atomic mass is 10.0. The van der Waals surface area contributed by atoms with E-state index in [1.165, 1.54) is 19.1 Å². The molecule has 8 heteroatoms. The highest BCUT2D eigenvalue weighted by Crippen LogP contribution is 2.14. The molecule has 2 aromatic rings. The summed E-state index contributed by atoms with van der Waals surface area (Å²) in [4.78, 5) is 37.9. The molecule has 160 valence electrons. The number of carbonyl (C=O) groups is 3. The highest BCUT2D eigenvalue weighted by Gasteiger charge is 2.26. The fourth-order valence-corrected chi connectivity index (χ4v) is 2.71. The number of esters is 1. The first-order valence-corrected chi connectivity index (χ1v) is 9.35. The van der Waals surface area contributed by atoms with Gasteiger partial charge >= 0.3 is 12.1 Å². The fraction of sp³-hybridized carbons (Fsp3) is 0.318. The number of methoxy groups -OCH3 is 2. The highest BCUT2D eigenvalue weighted by atomic mass is 16.5. The number of nitrogens with zero attached hydrogens (tertiary/aromatic N) is 1. The van der Waals surface area contributed by atoms with Gasteiger partial charge in [-0.1, -0.05) is 42.5 Å². The van der Waals surface area contributed by atoms with E-state index in [9.17, 15) is 14.4 Å². The van der Waals surface area contributed by atoms with Crippen molar-refractivity contribution in [1.29, 1.82) is 0 Å². The van der Waals surface area contributed by atoms with Crippen molar-refractivity contribution in [2.75, 3.05) is 27.8 Å². The molecule has 1 unspecified atom stereocenters. The first kappa shape index (κ1) is 22.7. The Morgan fingerprint density at radius 1 is 0.967 bits per heavy atom. The maximum Gasteiger partial charge on any atom is 0.408 e. The number of benzene rings is 2. The summed E-state index contributed by atoms with van der Waals surface area (Å²) in [5.74, 6) is -0.312. The third-order valence-electron chi connectivity index (χ3n) is 4.37. The Morgan fingerprint density at radius 3 is 2.23 bits per heavy atom. The van der Waals surface area contributed by atoms with Crippen LogP contribution in [-0.4, -0.2) is 56.7 Å². The van der Waals surface area contributed by atoms with Crippen LogP contribution in [0.1, 0.15) is 11.1 Å². The van der Waals surface area contributed by atoms with Crippen molar-refractivity contribution >= 4 is 18.0 Å². The third-order valence-corrected chi connectivity index (χ3v) is 4.37. The minimum atomic E-state index is -0.920. The molecule has 2 aromatic carbocycles. The lowest BCUT2D eigenvalue weighted by Crippen LogP contribution is -2.49. The number of nitrogens with one attached hydrogen (secondary N) is 1. The number of carbonyl (C=O) groups excluding carboxylic acids is 3. The molecule has 0 aliphatic heterocycles. The molecule has 30 heavy (non-hydrogen) atoms. The molecule has 0 bridgehead atoms. The summed E-state index contributed by atoms with van der Waals surface area (Å²) in [5.41, 5.74) is 1.64. The van der Waals surface area contributed by atoms with E-state index < -0.39 is 24.0 Å². The average molecular weight is 414 g/mol. The molecule has 2 amide bonds. The van der Waals surface area contributed by atoms with Gasteiger partial charge in [0, 0.05) is 13.5 Å². The van der Waals surface area contributed by atoms with E-state index in [0.717, 1.165) is 11.1 Å². The number of alkyl carbamates (subject to hydrolysis) is 1. The Balaban J connectivity index is 2.07. The summed E-state index contributed by atoms with van der Waals surface area (Å²) in [6.07, 6.45) is -0.508. The van der Waals surface area contributed by atoms with Crippen molar-refractivity contribution in [1.82, 2.24) is 10.2 Å². The predicted molar refractivity (Wildman–Crippen MR) is 110 cm³/mol. The van der Waals surface area contributed by atoms with E-state index in [2.05, 4.69) is 10.1 Å². The normalized spacial score (nSPS) is 11.2. The molecule has 2 rings (SSSR count). The van der Waals surface area contributed by atoms with Crippen LogP contribution >= 0.6 is 0 Å². The second-order valence-corrected chi connectivity index (χ2v) is 6.58. The van der Waals surface area contributed by atoms with E-state index in [-0.39, 0.29) is 19.6 Å². The van der Waals surface area contributed by atoms with Gasteiger partial charge in [-0.2, -0.15) is 0 Å². The van der Waals surface area contributed by atoms with Crippen LogP contribution in [0.3, 0.4) is 0 Å². The van der Waals surface area contributed by atoms with Crippen LogP contribution in [0.4, 0.5) is 4.79 Å². The number of hydrogen-bond acceptors (Lipinski definition) is 6. The molecule has 0 aliphatic rings. The van der Waals surface area contributed by atoms with Crippen molar-refractivity contribution < 1.29 is 28.6 Å². The standard InChI is InChI=1S/C22H26N2O6/c1-24(14-20(25)29-3)21(26)19(13-16-9-11-18(28-2)12-10-16)23-22(27)30-15-17-7-5-4-6-8-17/h4-12,19H,13-15H2,1-3H3,(H,23,27). The second-order valence-electron chi connectivity index (χ2n) is 6.58. The molecule has 0 radical (unpaired) electrons. The van der Waals surface area contributed by atoms with Crippen LogP contribution in [-0.2, 0) is 32.1 Å². The van der Waals surface area contributed by atoms with Crippen molar-refractivity contribution in [3.8, 4) is 5.75 Å². The van der Waals surface area contributed by atoms with E-state index in [4.69, 9.17) is 9.47 Å². The minimum absolute atomic E-state index is 0.0775. The van der Waals surface area contributed by atoms with Crippen molar-refractivity contribution in [2.24, 2.45) is 0 Å².